The van der Waals surface area contributed by atoms with Gasteiger partial charge in [-0.2, -0.15) is 0 Å². The molecule has 0 saturated carbocycles. The number of hydrogen-bond acceptors (Lipinski definition) is 2. The number of halogens is 2. The van der Waals surface area contributed by atoms with Crippen molar-refractivity contribution in [3.05, 3.63) is 33.8 Å². The Balaban J connectivity index is 2.10. The summed E-state index contributed by atoms with van der Waals surface area (Å²) in [7, 11) is 1.93. The Morgan fingerprint density at radius 2 is 2.28 bits per heavy atom. The molecule has 1 aliphatic heterocycles. The average Bonchev–Trinajstić information content (AvgIpc) is 2.80. The minimum Gasteiger partial charge on any atom is -0.338 e. The van der Waals surface area contributed by atoms with Crippen LogP contribution in [0.3, 0.4) is 0 Å². The summed E-state index contributed by atoms with van der Waals surface area (Å²) < 4.78 is 0. The number of hydrogen-bond donors (Lipinski definition) is 1. The van der Waals surface area contributed by atoms with Gasteiger partial charge in [0.2, 0.25) is 0 Å². The number of carbonyl (C=O) groups is 1. The molecule has 98 valence electrons. The Hall–Kier alpha value is -0.770. The van der Waals surface area contributed by atoms with E-state index in [-0.39, 0.29) is 5.91 Å². The van der Waals surface area contributed by atoms with Crippen LogP contribution in [0.15, 0.2) is 18.2 Å². The fraction of sp³-hybridized carbons (Fsp3) is 0.462. The van der Waals surface area contributed by atoms with Gasteiger partial charge in [0.05, 0.1) is 10.6 Å². The summed E-state index contributed by atoms with van der Waals surface area (Å²) in [5.41, 5.74) is 0.495. The van der Waals surface area contributed by atoms with Crippen LogP contribution < -0.4 is 5.32 Å². The van der Waals surface area contributed by atoms with E-state index in [0.29, 0.717) is 21.5 Å². The number of likely N-dealkylation sites (tertiary alicyclic amines) is 1. The van der Waals surface area contributed by atoms with Crippen molar-refractivity contribution in [3.63, 3.8) is 0 Å². The van der Waals surface area contributed by atoms with Gasteiger partial charge in [0.1, 0.15) is 0 Å². The standard InChI is InChI=1S/C13H16Cl2N2O/c1-16-7-9-4-5-17(8-9)13(18)11-6-10(14)2-3-12(11)15/h2-3,6,9,16H,4-5,7-8H2,1H3. The molecule has 0 aliphatic carbocycles. The molecule has 1 aromatic rings. The second kappa shape index (κ2) is 5.91. The molecular formula is C13H16Cl2N2O. The van der Waals surface area contributed by atoms with E-state index in [1.165, 1.54) is 0 Å². The van der Waals surface area contributed by atoms with Crippen molar-refractivity contribution in [2.75, 3.05) is 26.7 Å². The second-order valence-corrected chi connectivity index (χ2v) is 5.43. The maximum atomic E-state index is 12.3. The van der Waals surface area contributed by atoms with Gasteiger partial charge in [-0.05, 0) is 44.1 Å². The smallest absolute Gasteiger partial charge is 0.255 e. The molecule has 1 saturated heterocycles. The van der Waals surface area contributed by atoms with E-state index in [4.69, 9.17) is 23.2 Å². The molecule has 1 fully saturated rings. The second-order valence-electron chi connectivity index (χ2n) is 4.59. The van der Waals surface area contributed by atoms with Crippen molar-refractivity contribution in [1.29, 1.82) is 0 Å². The summed E-state index contributed by atoms with van der Waals surface area (Å²) in [5.74, 6) is 0.498. The Morgan fingerprint density at radius 1 is 1.50 bits per heavy atom. The van der Waals surface area contributed by atoms with E-state index in [2.05, 4.69) is 5.32 Å². The van der Waals surface area contributed by atoms with Gasteiger partial charge in [-0.25, -0.2) is 0 Å². The molecule has 1 N–H and O–H groups in total. The van der Waals surface area contributed by atoms with Crippen LogP contribution in [0.25, 0.3) is 0 Å². The predicted octanol–water partition coefficient (Wildman–Crippen LogP) is 2.67. The van der Waals surface area contributed by atoms with Gasteiger partial charge in [-0.15, -0.1) is 0 Å². The van der Waals surface area contributed by atoms with E-state index in [0.717, 1.165) is 26.1 Å². The van der Waals surface area contributed by atoms with Crippen LogP contribution in [0, 0.1) is 5.92 Å². The number of carbonyl (C=O) groups excluding carboxylic acids is 1. The highest BCUT2D eigenvalue weighted by Gasteiger charge is 2.27. The topological polar surface area (TPSA) is 32.3 Å². The summed E-state index contributed by atoms with van der Waals surface area (Å²) in [5, 5.41) is 4.14. The van der Waals surface area contributed by atoms with Gasteiger partial charge in [0.15, 0.2) is 0 Å². The van der Waals surface area contributed by atoms with Crippen LogP contribution in [0.1, 0.15) is 16.8 Å². The Labute approximate surface area is 117 Å². The maximum absolute atomic E-state index is 12.3. The highest BCUT2D eigenvalue weighted by atomic mass is 35.5. The third-order valence-corrected chi connectivity index (χ3v) is 3.79. The van der Waals surface area contributed by atoms with Crippen molar-refractivity contribution >= 4 is 29.1 Å². The van der Waals surface area contributed by atoms with Crippen molar-refractivity contribution in [1.82, 2.24) is 10.2 Å². The van der Waals surface area contributed by atoms with Crippen LogP contribution in [0.4, 0.5) is 0 Å². The molecule has 2 rings (SSSR count). The van der Waals surface area contributed by atoms with Gasteiger partial charge in [0, 0.05) is 18.1 Å². The van der Waals surface area contributed by atoms with E-state index in [9.17, 15) is 4.79 Å². The largest absolute Gasteiger partial charge is 0.338 e. The summed E-state index contributed by atoms with van der Waals surface area (Å²) in [6.07, 6.45) is 1.03. The van der Waals surface area contributed by atoms with Gasteiger partial charge in [-0.1, -0.05) is 23.2 Å². The van der Waals surface area contributed by atoms with Crippen molar-refractivity contribution < 1.29 is 4.79 Å². The number of nitrogens with zero attached hydrogens (tertiary/aromatic N) is 1. The van der Waals surface area contributed by atoms with E-state index < -0.39 is 0 Å². The summed E-state index contributed by atoms with van der Waals surface area (Å²) in [6, 6.07) is 4.99. The zero-order valence-electron chi connectivity index (χ0n) is 10.2. The summed E-state index contributed by atoms with van der Waals surface area (Å²) in [6.45, 7) is 2.50. The fourth-order valence-electron chi connectivity index (χ4n) is 2.30. The third kappa shape index (κ3) is 2.97. The normalized spacial score (nSPS) is 19.3. The predicted molar refractivity (Wildman–Crippen MR) is 74.4 cm³/mol. The lowest BCUT2D eigenvalue weighted by Gasteiger charge is -2.17. The molecule has 0 bridgehead atoms. The molecule has 1 aliphatic rings. The Bertz CT molecular complexity index is 451. The van der Waals surface area contributed by atoms with E-state index in [1.807, 2.05) is 11.9 Å². The number of rotatable bonds is 3. The first-order valence-corrected chi connectivity index (χ1v) is 6.76. The molecule has 3 nitrogen and oxygen atoms in total. The van der Waals surface area contributed by atoms with Gasteiger partial charge < -0.3 is 10.2 Å². The summed E-state index contributed by atoms with van der Waals surface area (Å²) in [4.78, 5) is 14.2. The number of amides is 1. The molecule has 0 aromatic heterocycles. The van der Waals surface area contributed by atoms with Gasteiger partial charge >= 0.3 is 0 Å². The molecule has 0 radical (unpaired) electrons. The zero-order chi connectivity index (χ0) is 13.1. The van der Waals surface area contributed by atoms with Crippen molar-refractivity contribution in [2.45, 2.75) is 6.42 Å². The molecule has 1 aromatic carbocycles. The van der Waals surface area contributed by atoms with Crippen molar-refractivity contribution in [3.8, 4) is 0 Å². The molecular weight excluding hydrogens is 271 g/mol. The molecule has 1 heterocycles. The fourth-order valence-corrected chi connectivity index (χ4v) is 2.67. The highest BCUT2D eigenvalue weighted by molar-refractivity contribution is 6.35. The minimum atomic E-state index is -0.0268. The van der Waals surface area contributed by atoms with Crippen LogP contribution in [0.5, 0.6) is 0 Å². The monoisotopic (exact) mass is 286 g/mol. The highest BCUT2D eigenvalue weighted by Crippen LogP contribution is 2.25. The molecule has 0 spiro atoms. The third-order valence-electron chi connectivity index (χ3n) is 3.22. The number of benzene rings is 1. The van der Waals surface area contributed by atoms with Crippen LogP contribution in [0.2, 0.25) is 10.0 Å². The minimum absolute atomic E-state index is 0.0268. The zero-order valence-corrected chi connectivity index (χ0v) is 11.8. The van der Waals surface area contributed by atoms with Crippen LogP contribution in [-0.4, -0.2) is 37.5 Å². The Kier molecular flexibility index (Phi) is 4.49. The quantitative estimate of drug-likeness (QED) is 0.927. The molecule has 18 heavy (non-hydrogen) atoms. The number of nitrogens with one attached hydrogen (secondary N) is 1. The van der Waals surface area contributed by atoms with Gasteiger partial charge in [-0.3, -0.25) is 4.79 Å². The first kappa shape index (κ1) is 13.7. The van der Waals surface area contributed by atoms with E-state index >= 15 is 0 Å². The molecule has 1 atom stereocenters. The molecule has 1 amide bonds. The summed E-state index contributed by atoms with van der Waals surface area (Å²) >= 11 is 12.0. The van der Waals surface area contributed by atoms with Crippen LogP contribution >= 0.6 is 23.2 Å². The maximum Gasteiger partial charge on any atom is 0.255 e. The molecule has 1 unspecified atom stereocenters. The SMILES string of the molecule is CNCC1CCN(C(=O)c2cc(Cl)ccc2Cl)C1. The average molecular weight is 287 g/mol. The van der Waals surface area contributed by atoms with Crippen molar-refractivity contribution in [2.24, 2.45) is 5.92 Å². The first-order valence-electron chi connectivity index (χ1n) is 6.00. The molecule has 5 heteroatoms. The van der Waals surface area contributed by atoms with Gasteiger partial charge in [0.25, 0.3) is 5.91 Å². The Morgan fingerprint density at radius 3 is 3.00 bits per heavy atom. The lowest BCUT2D eigenvalue weighted by molar-refractivity contribution is 0.0787. The first-order chi connectivity index (χ1) is 8.61. The lowest BCUT2D eigenvalue weighted by atomic mass is 10.1. The van der Waals surface area contributed by atoms with E-state index in [1.54, 1.807) is 18.2 Å². The lowest BCUT2D eigenvalue weighted by Crippen LogP contribution is -2.30. The van der Waals surface area contributed by atoms with Crippen LogP contribution in [-0.2, 0) is 0 Å².